The Bertz CT molecular complexity index is 571. The number of nitrogens with two attached hydrogens (primary N) is 1. The first-order valence-corrected chi connectivity index (χ1v) is 6.13. The second kappa shape index (κ2) is 4.90. The fourth-order valence-corrected chi connectivity index (χ4v) is 2.11. The Morgan fingerprint density at radius 3 is 2.47 bits per heavy atom. The van der Waals surface area contributed by atoms with Crippen molar-refractivity contribution in [3.8, 4) is 11.5 Å². The van der Waals surface area contributed by atoms with Crippen LogP contribution in [0.4, 0.5) is 4.39 Å². The summed E-state index contributed by atoms with van der Waals surface area (Å²) in [5.41, 5.74) is 6.98. The van der Waals surface area contributed by atoms with E-state index in [0.29, 0.717) is 12.4 Å². The average molecular weight is 259 g/mol. The van der Waals surface area contributed by atoms with E-state index in [-0.39, 0.29) is 18.0 Å². The molecule has 19 heavy (non-hydrogen) atoms. The van der Waals surface area contributed by atoms with Crippen LogP contribution in [0, 0.1) is 5.82 Å². The highest BCUT2D eigenvalue weighted by Crippen LogP contribution is 2.33. The van der Waals surface area contributed by atoms with Gasteiger partial charge in [0.1, 0.15) is 12.4 Å². The molecule has 0 spiro atoms. The van der Waals surface area contributed by atoms with Gasteiger partial charge in [0, 0.05) is 0 Å². The Morgan fingerprint density at radius 1 is 1.05 bits per heavy atom. The van der Waals surface area contributed by atoms with Gasteiger partial charge in [0.05, 0.1) is 6.04 Å². The SMILES string of the molecule is NC(c1ccc(F)cc1)C1COc2ccccc2O1. The number of rotatable bonds is 2. The van der Waals surface area contributed by atoms with E-state index in [0.717, 1.165) is 11.3 Å². The van der Waals surface area contributed by atoms with Gasteiger partial charge in [-0.15, -0.1) is 0 Å². The van der Waals surface area contributed by atoms with E-state index in [9.17, 15) is 4.39 Å². The zero-order valence-electron chi connectivity index (χ0n) is 10.3. The van der Waals surface area contributed by atoms with Crippen LogP contribution in [-0.2, 0) is 0 Å². The van der Waals surface area contributed by atoms with Crippen molar-refractivity contribution in [3.05, 3.63) is 59.9 Å². The molecular weight excluding hydrogens is 245 g/mol. The minimum atomic E-state index is -0.353. The van der Waals surface area contributed by atoms with E-state index in [4.69, 9.17) is 15.2 Å². The maximum Gasteiger partial charge on any atom is 0.161 e. The number of ether oxygens (including phenoxy) is 2. The highest BCUT2D eigenvalue weighted by atomic mass is 19.1. The smallest absolute Gasteiger partial charge is 0.161 e. The van der Waals surface area contributed by atoms with Crippen LogP contribution in [0.2, 0.25) is 0 Å². The molecule has 1 aliphatic rings. The van der Waals surface area contributed by atoms with Gasteiger partial charge in [0.15, 0.2) is 17.6 Å². The van der Waals surface area contributed by atoms with E-state index in [1.165, 1.54) is 12.1 Å². The van der Waals surface area contributed by atoms with Crippen LogP contribution >= 0.6 is 0 Å². The van der Waals surface area contributed by atoms with Crippen molar-refractivity contribution in [1.29, 1.82) is 0 Å². The van der Waals surface area contributed by atoms with Crippen molar-refractivity contribution < 1.29 is 13.9 Å². The minimum absolute atomic E-state index is 0.276. The molecule has 2 atom stereocenters. The lowest BCUT2D eigenvalue weighted by Crippen LogP contribution is -2.38. The van der Waals surface area contributed by atoms with E-state index < -0.39 is 0 Å². The second-order valence-electron chi connectivity index (χ2n) is 4.49. The van der Waals surface area contributed by atoms with Crippen LogP contribution in [-0.4, -0.2) is 12.7 Å². The highest BCUT2D eigenvalue weighted by molar-refractivity contribution is 5.41. The molecule has 0 fully saturated rings. The first kappa shape index (κ1) is 12.0. The van der Waals surface area contributed by atoms with Gasteiger partial charge in [0.2, 0.25) is 0 Å². The lowest BCUT2D eigenvalue weighted by atomic mass is 10.0. The highest BCUT2D eigenvalue weighted by Gasteiger charge is 2.27. The van der Waals surface area contributed by atoms with Gasteiger partial charge in [0.25, 0.3) is 0 Å². The monoisotopic (exact) mass is 259 g/mol. The van der Waals surface area contributed by atoms with Gasteiger partial charge in [-0.2, -0.15) is 0 Å². The fraction of sp³-hybridized carbons (Fsp3) is 0.200. The first-order valence-electron chi connectivity index (χ1n) is 6.13. The molecule has 0 aromatic heterocycles. The van der Waals surface area contributed by atoms with Gasteiger partial charge in [-0.1, -0.05) is 24.3 Å². The molecule has 1 aliphatic heterocycles. The quantitative estimate of drug-likeness (QED) is 0.901. The summed E-state index contributed by atoms with van der Waals surface area (Å²) >= 11 is 0. The summed E-state index contributed by atoms with van der Waals surface area (Å²) < 4.78 is 24.4. The molecule has 1 heterocycles. The van der Waals surface area contributed by atoms with Crippen molar-refractivity contribution >= 4 is 0 Å². The lowest BCUT2D eigenvalue weighted by Gasteiger charge is -2.30. The molecule has 98 valence electrons. The van der Waals surface area contributed by atoms with Crippen molar-refractivity contribution in [2.45, 2.75) is 12.1 Å². The Balaban J connectivity index is 1.79. The number of halogens is 1. The normalized spacial score (nSPS) is 18.9. The predicted molar refractivity (Wildman–Crippen MR) is 69.7 cm³/mol. The van der Waals surface area contributed by atoms with Gasteiger partial charge in [-0.05, 0) is 29.8 Å². The standard InChI is InChI=1S/C15H14FNO2/c16-11-7-5-10(6-8-11)15(17)14-9-18-12-3-1-2-4-13(12)19-14/h1-8,14-15H,9,17H2. The summed E-state index contributed by atoms with van der Waals surface area (Å²) in [7, 11) is 0. The molecule has 2 aromatic rings. The first-order chi connectivity index (χ1) is 9.24. The molecule has 2 N–H and O–H groups in total. The third-order valence-corrected chi connectivity index (χ3v) is 3.19. The number of benzene rings is 2. The molecule has 3 nitrogen and oxygen atoms in total. The molecule has 0 saturated carbocycles. The van der Waals surface area contributed by atoms with E-state index in [2.05, 4.69) is 0 Å². The lowest BCUT2D eigenvalue weighted by molar-refractivity contribution is 0.0721. The van der Waals surface area contributed by atoms with E-state index >= 15 is 0 Å². The topological polar surface area (TPSA) is 44.5 Å². The van der Waals surface area contributed by atoms with Crippen LogP contribution < -0.4 is 15.2 Å². The number of fused-ring (bicyclic) bond motifs is 1. The summed E-state index contributed by atoms with van der Waals surface area (Å²) in [6.07, 6.45) is -0.277. The maximum atomic E-state index is 12.9. The second-order valence-corrected chi connectivity index (χ2v) is 4.49. The van der Waals surface area contributed by atoms with Gasteiger partial charge in [-0.3, -0.25) is 0 Å². The van der Waals surface area contributed by atoms with Crippen LogP contribution in [0.15, 0.2) is 48.5 Å². The molecule has 0 aliphatic carbocycles. The molecule has 0 bridgehead atoms. The van der Waals surface area contributed by atoms with Crippen molar-refractivity contribution in [2.24, 2.45) is 5.73 Å². The van der Waals surface area contributed by atoms with Crippen LogP contribution in [0.25, 0.3) is 0 Å². The fourth-order valence-electron chi connectivity index (χ4n) is 2.11. The maximum absolute atomic E-state index is 12.9. The molecule has 2 unspecified atom stereocenters. The van der Waals surface area contributed by atoms with E-state index in [1.54, 1.807) is 12.1 Å². The predicted octanol–water partition coefficient (Wildman–Crippen LogP) is 2.67. The zero-order chi connectivity index (χ0) is 13.2. The summed E-state index contributed by atoms with van der Waals surface area (Å²) in [5.74, 6) is 1.14. The van der Waals surface area contributed by atoms with Crippen LogP contribution in [0.3, 0.4) is 0 Å². The number of hydrogen-bond acceptors (Lipinski definition) is 3. The summed E-state index contributed by atoms with van der Waals surface area (Å²) in [4.78, 5) is 0. The third kappa shape index (κ3) is 2.39. The molecular formula is C15H14FNO2. The van der Waals surface area contributed by atoms with Crippen molar-refractivity contribution in [2.75, 3.05) is 6.61 Å². The Morgan fingerprint density at radius 2 is 1.74 bits per heavy atom. The summed E-state index contributed by atoms with van der Waals surface area (Å²) in [5, 5.41) is 0. The molecule has 0 amide bonds. The van der Waals surface area contributed by atoms with Crippen molar-refractivity contribution in [1.82, 2.24) is 0 Å². The third-order valence-electron chi connectivity index (χ3n) is 3.19. The van der Waals surface area contributed by atoms with Gasteiger partial charge >= 0.3 is 0 Å². The Hall–Kier alpha value is -2.07. The van der Waals surface area contributed by atoms with Crippen molar-refractivity contribution in [3.63, 3.8) is 0 Å². The molecule has 0 saturated heterocycles. The molecule has 4 heteroatoms. The Kier molecular flexibility index (Phi) is 3.09. The molecule has 0 radical (unpaired) electrons. The zero-order valence-corrected chi connectivity index (χ0v) is 10.3. The van der Waals surface area contributed by atoms with Gasteiger partial charge < -0.3 is 15.2 Å². The summed E-state index contributed by atoms with van der Waals surface area (Å²) in [6.45, 7) is 0.384. The number of hydrogen-bond donors (Lipinski definition) is 1. The molecule has 3 rings (SSSR count). The van der Waals surface area contributed by atoms with Gasteiger partial charge in [-0.25, -0.2) is 4.39 Å². The Labute approximate surface area is 110 Å². The largest absolute Gasteiger partial charge is 0.486 e. The van der Waals surface area contributed by atoms with Crippen LogP contribution in [0.5, 0.6) is 11.5 Å². The number of para-hydroxylation sites is 2. The molecule has 2 aromatic carbocycles. The van der Waals surface area contributed by atoms with Crippen LogP contribution in [0.1, 0.15) is 11.6 Å². The summed E-state index contributed by atoms with van der Waals surface area (Å²) in [6, 6.07) is 13.3. The van der Waals surface area contributed by atoms with E-state index in [1.807, 2.05) is 24.3 Å². The average Bonchev–Trinajstić information content (AvgIpc) is 2.47. The minimum Gasteiger partial charge on any atom is -0.486 e.